The van der Waals surface area contributed by atoms with Crippen molar-refractivity contribution in [2.45, 2.75) is 0 Å². The summed E-state index contributed by atoms with van der Waals surface area (Å²) in [7, 11) is 0. The minimum Gasteiger partial charge on any atom is -0.336 e. The van der Waals surface area contributed by atoms with Crippen LogP contribution in [0.5, 0.6) is 0 Å². The van der Waals surface area contributed by atoms with E-state index in [1.807, 2.05) is 0 Å². The second-order valence-electron chi connectivity index (χ2n) is 1.96. The molecule has 0 N–H and O–H groups in total. The van der Waals surface area contributed by atoms with Gasteiger partial charge >= 0.3 is 0 Å². The van der Waals surface area contributed by atoms with Crippen LogP contribution in [-0.4, -0.2) is 14.8 Å². The maximum atomic E-state index is 4.93. The summed E-state index contributed by atoms with van der Waals surface area (Å²) < 4.78 is 6.23. The van der Waals surface area contributed by atoms with Crippen LogP contribution in [0.1, 0.15) is 0 Å². The Morgan fingerprint density at radius 3 is 3.00 bits per heavy atom. The van der Waals surface area contributed by atoms with Crippen LogP contribution in [0.2, 0.25) is 0 Å². The molecule has 0 fully saturated rings. The van der Waals surface area contributed by atoms with Gasteiger partial charge < -0.3 is 4.52 Å². The lowest BCUT2D eigenvalue weighted by molar-refractivity contribution is 0.315. The van der Waals surface area contributed by atoms with E-state index in [1.54, 1.807) is 6.20 Å². The Morgan fingerprint density at radius 2 is 2.30 bits per heavy atom. The Bertz CT molecular complexity index is 453. The van der Waals surface area contributed by atoms with Crippen LogP contribution in [0.15, 0.2) is 10.7 Å². The molecule has 4 heteroatoms. The molecule has 10 heavy (non-hydrogen) atoms. The minimum atomic E-state index is 0.355. The van der Waals surface area contributed by atoms with Crippen molar-refractivity contribution in [2.75, 3.05) is 0 Å². The van der Waals surface area contributed by atoms with Gasteiger partial charge in [-0.2, -0.15) is 4.98 Å². The van der Waals surface area contributed by atoms with E-state index in [4.69, 9.17) is 4.52 Å². The van der Waals surface area contributed by atoms with Gasteiger partial charge in [0.1, 0.15) is 0 Å². The molecule has 0 saturated heterocycles. The Labute approximate surface area is 56.1 Å². The van der Waals surface area contributed by atoms with Gasteiger partial charge in [-0.1, -0.05) is 11.3 Å². The lowest BCUT2D eigenvalue weighted by atomic mass is 10.5. The number of nitrogens with zero attached hydrogens (tertiary/aromatic N) is 3. The number of rotatable bonds is 0. The Morgan fingerprint density at radius 1 is 1.50 bits per heavy atom. The summed E-state index contributed by atoms with van der Waals surface area (Å²) in [6.07, 6.45) is 1.59. The van der Waals surface area contributed by atoms with Gasteiger partial charge in [0, 0.05) is 5.22 Å². The van der Waals surface area contributed by atoms with Gasteiger partial charge in [-0.3, -0.25) is 0 Å². The average Bonchev–Trinajstić information content (AvgIpc) is 2.35. The summed E-state index contributed by atoms with van der Waals surface area (Å²) in [5.41, 5.74) is 0.984. The van der Waals surface area contributed by atoms with Crippen LogP contribution in [0.3, 0.4) is 0 Å². The first-order valence-electron chi connectivity index (χ1n) is 2.76. The molecule has 0 radical (unpaired) electrons. The molecule has 2 aromatic heterocycles. The Balaban J connectivity index is 3.18. The quantitative estimate of drug-likeness (QED) is 0.472. The fourth-order valence-electron chi connectivity index (χ4n) is 0.777. The van der Waals surface area contributed by atoms with Crippen LogP contribution < -0.4 is 10.8 Å². The summed E-state index contributed by atoms with van der Waals surface area (Å²) in [6.45, 7) is 7.19. The molecule has 0 unspecified atom stereocenters. The third kappa shape index (κ3) is 0.500. The molecular weight excluding hydrogens is 130 g/mol. The third-order valence-electron chi connectivity index (χ3n) is 1.21. The third-order valence-corrected chi connectivity index (χ3v) is 1.21. The molecule has 0 spiro atoms. The van der Waals surface area contributed by atoms with Crippen molar-refractivity contribution in [3.63, 3.8) is 0 Å². The molecule has 0 bridgehead atoms. The summed E-state index contributed by atoms with van der Waals surface area (Å²) in [5, 5.41) is 4.57. The van der Waals surface area contributed by atoms with E-state index < -0.39 is 0 Å². The first kappa shape index (κ1) is 5.22. The topological polar surface area (TPSA) is 43.3 Å². The van der Waals surface area contributed by atoms with Crippen LogP contribution in [0.25, 0.3) is 18.8 Å². The molecule has 0 amide bonds. The normalized spacial score (nSPS) is 10.8. The fraction of sp³-hybridized carbons (Fsp3) is 0. The highest BCUT2D eigenvalue weighted by molar-refractivity contribution is 5.37. The van der Waals surface area contributed by atoms with Gasteiger partial charge in [0.15, 0.2) is 0 Å². The molecule has 0 aliphatic rings. The number of fused-ring (bicyclic) bond motifs is 1. The fourth-order valence-corrected chi connectivity index (χ4v) is 0.777. The molecule has 4 nitrogen and oxygen atoms in total. The lowest BCUT2D eigenvalue weighted by Gasteiger charge is -1.70. The van der Waals surface area contributed by atoms with Gasteiger partial charge in [-0.25, -0.2) is 0 Å². The van der Waals surface area contributed by atoms with E-state index in [2.05, 4.69) is 23.2 Å². The zero-order valence-electron chi connectivity index (χ0n) is 5.24. The SMILES string of the molecule is C=c1nc2c(=C)cnn2o1. The molecule has 0 atom stereocenters. The predicted octanol–water partition coefficient (Wildman–Crippen LogP) is -0.857. The maximum absolute atomic E-state index is 4.93. The minimum absolute atomic E-state index is 0.355. The van der Waals surface area contributed by atoms with Crippen molar-refractivity contribution in [3.05, 3.63) is 17.0 Å². The highest BCUT2D eigenvalue weighted by Gasteiger charge is 1.98. The van der Waals surface area contributed by atoms with E-state index in [0.717, 1.165) is 5.22 Å². The molecule has 0 saturated carbocycles. The molecule has 0 aliphatic heterocycles. The first-order valence-corrected chi connectivity index (χ1v) is 2.76. The molecular formula is C6H5N3O. The zero-order chi connectivity index (χ0) is 7.14. The molecule has 2 aromatic rings. The smallest absolute Gasteiger partial charge is 0.243 e. The summed E-state index contributed by atoms with van der Waals surface area (Å²) >= 11 is 0. The van der Waals surface area contributed by atoms with E-state index in [0.29, 0.717) is 11.2 Å². The van der Waals surface area contributed by atoms with Crippen molar-refractivity contribution in [1.82, 2.24) is 14.8 Å². The van der Waals surface area contributed by atoms with Crippen LogP contribution in [0, 0.1) is 0 Å². The first-order chi connectivity index (χ1) is 4.77. The van der Waals surface area contributed by atoms with Crippen molar-refractivity contribution in [2.24, 2.45) is 0 Å². The van der Waals surface area contributed by atoms with Crippen molar-refractivity contribution < 1.29 is 4.52 Å². The summed E-state index contributed by atoms with van der Waals surface area (Å²) in [6, 6.07) is 0. The summed E-state index contributed by atoms with van der Waals surface area (Å²) in [4.78, 5) is 3.93. The zero-order valence-corrected chi connectivity index (χ0v) is 5.24. The Kier molecular flexibility index (Phi) is 0.768. The van der Waals surface area contributed by atoms with Gasteiger partial charge in [0.25, 0.3) is 0 Å². The largest absolute Gasteiger partial charge is 0.336 e. The van der Waals surface area contributed by atoms with Gasteiger partial charge in [-0.15, -0.1) is 5.10 Å². The Hall–Kier alpha value is -1.58. The van der Waals surface area contributed by atoms with Crippen LogP contribution >= 0.6 is 0 Å². The molecule has 50 valence electrons. The van der Waals surface area contributed by atoms with Crippen LogP contribution in [0.4, 0.5) is 0 Å². The van der Waals surface area contributed by atoms with Crippen molar-refractivity contribution >= 4 is 18.8 Å². The van der Waals surface area contributed by atoms with Crippen molar-refractivity contribution in [1.29, 1.82) is 0 Å². The standard InChI is InChI=1S/C6H5N3O/c1-4-3-7-9-6(4)8-5(2)10-9/h3H,1-2H2. The molecule has 2 heterocycles. The van der Waals surface area contributed by atoms with Crippen LogP contribution in [-0.2, 0) is 0 Å². The highest BCUT2D eigenvalue weighted by atomic mass is 16.5. The molecule has 0 aromatic carbocycles. The molecule has 2 rings (SSSR count). The van der Waals surface area contributed by atoms with E-state index in [9.17, 15) is 0 Å². The van der Waals surface area contributed by atoms with E-state index >= 15 is 0 Å². The second-order valence-corrected chi connectivity index (χ2v) is 1.96. The van der Waals surface area contributed by atoms with E-state index in [1.165, 1.54) is 4.69 Å². The second kappa shape index (κ2) is 1.47. The maximum Gasteiger partial charge on any atom is 0.243 e. The van der Waals surface area contributed by atoms with Gasteiger partial charge in [0.05, 0.1) is 6.20 Å². The summed E-state index contributed by atoms with van der Waals surface area (Å²) in [5.74, 6) is 0. The number of hydrogen-bond donors (Lipinski definition) is 0. The average molecular weight is 135 g/mol. The monoisotopic (exact) mass is 135 g/mol. The molecule has 0 aliphatic carbocycles. The van der Waals surface area contributed by atoms with E-state index in [-0.39, 0.29) is 0 Å². The van der Waals surface area contributed by atoms with Gasteiger partial charge in [0.2, 0.25) is 11.2 Å². The van der Waals surface area contributed by atoms with Crippen molar-refractivity contribution in [3.8, 4) is 0 Å². The highest BCUT2D eigenvalue weighted by Crippen LogP contribution is 1.82. The number of hydrogen-bond acceptors (Lipinski definition) is 3. The lowest BCUT2D eigenvalue weighted by Crippen LogP contribution is -1.98. The van der Waals surface area contributed by atoms with Gasteiger partial charge in [-0.05, 0) is 6.58 Å². The predicted molar refractivity (Wildman–Crippen MR) is 35.5 cm³/mol. The number of aromatic nitrogens is 3.